The van der Waals surface area contributed by atoms with E-state index in [9.17, 15) is 0 Å². The first-order chi connectivity index (χ1) is 9.68. The highest BCUT2D eigenvalue weighted by Crippen LogP contribution is 2.05. The lowest BCUT2D eigenvalue weighted by atomic mass is 10.0. The second-order valence-corrected chi connectivity index (χ2v) is 4.31. The normalized spacial score (nSPS) is 8.00. The minimum Gasteiger partial charge on any atom is -0.341 e. The molecule has 2 rings (SSSR count). The Morgan fingerprint density at radius 3 is 1.81 bits per heavy atom. The molecule has 2 heteroatoms. The van der Waals surface area contributed by atoms with Crippen molar-refractivity contribution in [2.45, 2.75) is 55.4 Å². The van der Waals surface area contributed by atoms with E-state index in [-0.39, 0.29) is 7.43 Å². The summed E-state index contributed by atoms with van der Waals surface area (Å²) in [6.45, 7) is 12.5. The Morgan fingerprint density at radius 1 is 1.00 bits per heavy atom. The number of benzene rings is 1. The molecule has 0 saturated heterocycles. The fourth-order valence-electron chi connectivity index (χ4n) is 1.41. The van der Waals surface area contributed by atoms with Gasteiger partial charge in [0.25, 0.3) is 0 Å². The molecule has 1 aromatic heterocycles. The first-order valence-electron chi connectivity index (χ1n) is 7.64. The molecule has 0 spiro atoms. The lowest BCUT2D eigenvalue weighted by molar-refractivity contribution is 0.647. The third-order valence-corrected chi connectivity index (χ3v) is 2.12. The first-order valence-corrected chi connectivity index (χ1v) is 7.64. The Morgan fingerprint density at radius 2 is 1.52 bits per heavy atom. The van der Waals surface area contributed by atoms with Crippen molar-refractivity contribution in [2.24, 2.45) is 13.0 Å². The van der Waals surface area contributed by atoms with E-state index in [1.165, 1.54) is 12.0 Å². The van der Waals surface area contributed by atoms with E-state index in [2.05, 4.69) is 49.2 Å². The van der Waals surface area contributed by atoms with Gasteiger partial charge in [-0.15, -0.1) is 0 Å². The van der Waals surface area contributed by atoms with Crippen LogP contribution < -0.4 is 0 Å². The molecule has 0 N–H and O–H groups in total. The molecule has 122 valence electrons. The summed E-state index contributed by atoms with van der Waals surface area (Å²) < 4.78 is 1.89. The maximum absolute atomic E-state index is 3.78. The molecule has 0 aliphatic carbocycles. The van der Waals surface area contributed by atoms with E-state index in [0.717, 1.165) is 5.92 Å². The molecule has 1 heterocycles. The van der Waals surface area contributed by atoms with E-state index >= 15 is 0 Å². The highest BCUT2D eigenvalue weighted by molar-refractivity contribution is 5.14. The van der Waals surface area contributed by atoms with Crippen LogP contribution in [-0.2, 0) is 13.5 Å². The Labute approximate surface area is 133 Å². The van der Waals surface area contributed by atoms with E-state index in [0.29, 0.717) is 0 Å². The molecule has 1 aromatic carbocycles. The van der Waals surface area contributed by atoms with Crippen molar-refractivity contribution in [3.63, 3.8) is 0 Å². The molecule has 21 heavy (non-hydrogen) atoms. The van der Waals surface area contributed by atoms with Crippen LogP contribution in [0.3, 0.4) is 0 Å². The van der Waals surface area contributed by atoms with Crippen molar-refractivity contribution in [2.75, 3.05) is 0 Å². The third kappa shape index (κ3) is 16.4. The molecule has 0 bridgehead atoms. The van der Waals surface area contributed by atoms with Gasteiger partial charge in [0.05, 0.1) is 6.33 Å². The van der Waals surface area contributed by atoms with Gasteiger partial charge in [0.1, 0.15) is 0 Å². The number of aromatic nitrogens is 2. The Hall–Kier alpha value is -1.57. The molecule has 0 atom stereocenters. The monoisotopic (exact) mass is 292 g/mol. The van der Waals surface area contributed by atoms with Gasteiger partial charge in [-0.25, -0.2) is 4.98 Å². The van der Waals surface area contributed by atoms with Crippen molar-refractivity contribution >= 4 is 0 Å². The van der Waals surface area contributed by atoms with Crippen molar-refractivity contribution in [1.29, 1.82) is 0 Å². The van der Waals surface area contributed by atoms with Crippen LogP contribution in [-0.4, -0.2) is 9.55 Å². The quantitative estimate of drug-likeness (QED) is 0.664. The first kappa shape index (κ1) is 24.4. The van der Waals surface area contributed by atoms with Gasteiger partial charge >= 0.3 is 0 Å². The summed E-state index contributed by atoms with van der Waals surface area (Å²) in [4.78, 5) is 3.78. The largest absolute Gasteiger partial charge is 0.341 e. The van der Waals surface area contributed by atoms with Crippen LogP contribution in [0.15, 0.2) is 49.1 Å². The molecule has 0 fully saturated rings. The van der Waals surface area contributed by atoms with E-state index in [1.54, 1.807) is 12.5 Å². The number of hydrogen-bond donors (Lipinski definition) is 0. The maximum atomic E-state index is 3.78. The average Bonchev–Trinajstić information content (AvgIpc) is 2.95. The number of rotatable bonds is 2. The standard InChI is InChI=1S/C10H14.C4H6N2.2C2H6.CH4/c1-9(2)8-10-6-4-3-5-7-10;1-6-3-2-5-4-6;2*1-2;/h3-7,9H,8H2,1-2H3;2-4H,1H3;2*1-2H3;1H4. The molecule has 2 nitrogen and oxygen atoms in total. The predicted octanol–water partition coefficient (Wildman–Crippen LogP) is 5.99. The van der Waals surface area contributed by atoms with E-state index in [4.69, 9.17) is 0 Å². The fourth-order valence-corrected chi connectivity index (χ4v) is 1.41. The summed E-state index contributed by atoms with van der Waals surface area (Å²) in [6, 6.07) is 10.6. The molecule has 0 radical (unpaired) electrons. The smallest absolute Gasteiger partial charge is 0.0943 e. The molecule has 0 saturated carbocycles. The molecule has 0 amide bonds. The zero-order valence-electron chi connectivity index (χ0n) is 14.3. The second-order valence-electron chi connectivity index (χ2n) is 4.31. The zero-order chi connectivity index (χ0) is 15.8. The topological polar surface area (TPSA) is 17.8 Å². The fraction of sp³-hybridized carbons (Fsp3) is 0.526. The van der Waals surface area contributed by atoms with Crippen molar-refractivity contribution in [1.82, 2.24) is 9.55 Å². The molecular weight excluding hydrogens is 256 g/mol. The van der Waals surface area contributed by atoms with Crippen molar-refractivity contribution < 1.29 is 0 Å². The number of nitrogens with zero attached hydrogens (tertiary/aromatic N) is 2. The number of hydrogen-bond acceptors (Lipinski definition) is 1. The molecule has 2 aromatic rings. The van der Waals surface area contributed by atoms with Crippen LogP contribution in [0.4, 0.5) is 0 Å². The number of imidazole rings is 1. The summed E-state index contributed by atoms with van der Waals surface area (Å²) in [7, 11) is 1.94. The zero-order valence-corrected chi connectivity index (χ0v) is 14.3. The molecular formula is C19H36N2. The van der Waals surface area contributed by atoms with Gasteiger partial charge in [-0.05, 0) is 17.9 Å². The Balaban J connectivity index is -0.000000255. The lowest BCUT2D eigenvalue weighted by Crippen LogP contribution is -1.92. The van der Waals surface area contributed by atoms with Crippen LogP contribution in [0.5, 0.6) is 0 Å². The summed E-state index contributed by atoms with van der Waals surface area (Å²) in [5.74, 6) is 0.766. The molecule has 0 aliphatic rings. The summed E-state index contributed by atoms with van der Waals surface area (Å²) in [5, 5.41) is 0. The van der Waals surface area contributed by atoms with E-state index in [1.807, 2.05) is 45.5 Å². The highest BCUT2D eigenvalue weighted by Gasteiger charge is 1.94. The Bertz CT molecular complexity index is 364. The van der Waals surface area contributed by atoms with Crippen LogP contribution in [0.1, 0.15) is 54.5 Å². The van der Waals surface area contributed by atoms with Crippen LogP contribution in [0.25, 0.3) is 0 Å². The van der Waals surface area contributed by atoms with Crippen molar-refractivity contribution in [3.05, 3.63) is 54.6 Å². The van der Waals surface area contributed by atoms with Crippen molar-refractivity contribution in [3.8, 4) is 0 Å². The minimum absolute atomic E-state index is 0. The van der Waals surface area contributed by atoms with Gasteiger partial charge < -0.3 is 4.57 Å². The van der Waals surface area contributed by atoms with Crippen LogP contribution in [0, 0.1) is 5.92 Å². The molecule has 0 unspecified atom stereocenters. The summed E-state index contributed by atoms with van der Waals surface area (Å²) >= 11 is 0. The van der Waals surface area contributed by atoms with Gasteiger partial charge in [-0.3, -0.25) is 0 Å². The van der Waals surface area contributed by atoms with Gasteiger partial charge in [-0.2, -0.15) is 0 Å². The Kier molecular flexibility index (Phi) is 21.5. The number of aryl methyl sites for hydroxylation is 1. The minimum atomic E-state index is 0. The summed E-state index contributed by atoms with van der Waals surface area (Å²) in [5.41, 5.74) is 1.44. The second kappa shape index (κ2) is 18.4. The lowest BCUT2D eigenvalue weighted by Gasteiger charge is -2.02. The third-order valence-electron chi connectivity index (χ3n) is 2.12. The van der Waals surface area contributed by atoms with Gasteiger partial charge in [0.2, 0.25) is 0 Å². The van der Waals surface area contributed by atoms with Gasteiger partial charge in [0, 0.05) is 19.4 Å². The van der Waals surface area contributed by atoms with Gasteiger partial charge in [0.15, 0.2) is 0 Å². The summed E-state index contributed by atoms with van der Waals surface area (Å²) in [6.07, 6.45) is 6.58. The maximum Gasteiger partial charge on any atom is 0.0943 e. The van der Waals surface area contributed by atoms with E-state index < -0.39 is 0 Å². The predicted molar refractivity (Wildman–Crippen MR) is 97.6 cm³/mol. The SMILES string of the molecule is C.CC.CC.CC(C)Cc1ccccc1.Cn1ccnc1. The molecule has 0 aliphatic heterocycles. The van der Waals surface area contributed by atoms with Crippen LogP contribution in [0.2, 0.25) is 0 Å². The highest BCUT2D eigenvalue weighted by atomic mass is 15.0. The van der Waals surface area contributed by atoms with Gasteiger partial charge in [-0.1, -0.05) is 79.3 Å². The van der Waals surface area contributed by atoms with Crippen LogP contribution >= 0.6 is 0 Å². The average molecular weight is 293 g/mol.